The molecule has 0 saturated heterocycles. The van der Waals surface area contributed by atoms with E-state index in [9.17, 15) is 0 Å². The van der Waals surface area contributed by atoms with Gasteiger partial charge in [0.15, 0.2) is 0 Å². The zero-order chi connectivity index (χ0) is 21.3. The minimum atomic E-state index is 0.738. The molecule has 0 aliphatic heterocycles. The van der Waals surface area contributed by atoms with Crippen molar-refractivity contribution in [2.24, 2.45) is 0 Å². The van der Waals surface area contributed by atoms with Gasteiger partial charge in [0.1, 0.15) is 5.75 Å². The molecular weight excluding hydrogens is 481 g/mol. The quantitative estimate of drug-likeness (QED) is 0.174. The molecule has 156 valence electrons. The molecule has 0 heterocycles. The van der Waals surface area contributed by atoms with Gasteiger partial charge in [-0.25, -0.2) is 0 Å². The van der Waals surface area contributed by atoms with E-state index in [1.54, 1.807) is 0 Å². The number of nitrogens with zero attached hydrogens (tertiary/aromatic N) is 1. The van der Waals surface area contributed by atoms with Gasteiger partial charge in [0.2, 0.25) is 0 Å². The Morgan fingerprint density at radius 2 is 1.40 bits per heavy atom. The van der Waals surface area contributed by atoms with Crippen LogP contribution >= 0.6 is 22.6 Å². The van der Waals surface area contributed by atoms with Gasteiger partial charge >= 0.3 is 0 Å². The maximum absolute atomic E-state index is 5.94. The fourth-order valence-electron chi connectivity index (χ4n) is 3.58. The van der Waals surface area contributed by atoms with Gasteiger partial charge < -0.3 is 9.64 Å². The van der Waals surface area contributed by atoms with E-state index in [-0.39, 0.29) is 0 Å². The van der Waals surface area contributed by atoms with Gasteiger partial charge in [0, 0.05) is 10.1 Å². The summed E-state index contributed by atoms with van der Waals surface area (Å²) in [4.78, 5) is 2.18. The number of benzene rings is 3. The first-order valence-electron chi connectivity index (χ1n) is 10.5. The van der Waals surface area contributed by atoms with E-state index in [1.165, 1.54) is 31.4 Å². The van der Waals surface area contributed by atoms with E-state index in [2.05, 4.69) is 127 Å². The molecule has 0 aliphatic carbocycles. The summed E-state index contributed by atoms with van der Waals surface area (Å²) in [6.45, 7) is 4.01. The number of hydrogen-bond donors (Lipinski definition) is 0. The molecule has 3 aromatic carbocycles. The molecule has 0 aromatic heterocycles. The van der Waals surface area contributed by atoms with E-state index < -0.39 is 0 Å². The van der Waals surface area contributed by atoms with Crippen molar-refractivity contribution in [1.82, 2.24) is 4.90 Å². The molecule has 0 aliphatic rings. The Morgan fingerprint density at radius 3 is 1.97 bits per heavy atom. The van der Waals surface area contributed by atoms with Crippen LogP contribution in [-0.2, 0) is 0 Å². The van der Waals surface area contributed by atoms with E-state index in [0.29, 0.717) is 0 Å². The summed E-state index contributed by atoms with van der Waals surface area (Å²) in [5.74, 6) is 0.928. The third-order valence-electron chi connectivity index (χ3n) is 5.07. The molecule has 0 unspecified atom stereocenters. The van der Waals surface area contributed by atoms with Crippen LogP contribution in [0.15, 0.2) is 78.9 Å². The number of hydrogen-bond acceptors (Lipinski definition) is 2. The second-order valence-electron chi connectivity index (χ2n) is 7.61. The Labute approximate surface area is 194 Å². The SMILES string of the molecule is CC/C(=C(\c1ccc(I)cc1)c1ccc(OCCCN(C)C)cc1)c1ccccc1. The van der Waals surface area contributed by atoms with Crippen LogP contribution in [0, 0.1) is 3.57 Å². The predicted molar refractivity (Wildman–Crippen MR) is 137 cm³/mol. The topological polar surface area (TPSA) is 12.5 Å². The van der Waals surface area contributed by atoms with Crippen molar-refractivity contribution in [2.75, 3.05) is 27.2 Å². The first-order valence-corrected chi connectivity index (χ1v) is 11.6. The van der Waals surface area contributed by atoms with Crippen molar-refractivity contribution in [3.05, 3.63) is 99.1 Å². The van der Waals surface area contributed by atoms with Gasteiger partial charge in [0.05, 0.1) is 6.61 Å². The average molecular weight is 511 g/mol. The third-order valence-corrected chi connectivity index (χ3v) is 5.79. The molecule has 0 bridgehead atoms. The van der Waals surface area contributed by atoms with Crippen molar-refractivity contribution in [3.8, 4) is 5.75 Å². The fourth-order valence-corrected chi connectivity index (χ4v) is 3.94. The maximum Gasteiger partial charge on any atom is 0.119 e. The summed E-state index contributed by atoms with van der Waals surface area (Å²) in [5.41, 5.74) is 6.39. The summed E-state index contributed by atoms with van der Waals surface area (Å²) >= 11 is 2.36. The van der Waals surface area contributed by atoms with Crippen molar-refractivity contribution in [3.63, 3.8) is 0 Å². The average Bonchev–Trinajstić information content (AvgIpc) is 2.77. The van der Waals surface area contributed by atoms with Crippen LogP contribution in [0.2, 0.25) is 0 Å². The zero-order valence-electron chi connectivity index (χ0n) is 18.1. The Balaban J connectivity index is 1.95. The molecule has 3 aromatic rings. The van der Waals surface area contributed by atoms with Gasteiger partial charge in [0.25, 0.3) is 0 Å². The lowest BCUT2D eigenvalue weighted by molar-refractivity contribution is 0.281. The summed E-state index contributed by atoms with van der Waals surface area (Å²) in [6, 6.07) is 28.1. The minimum Gasteiger partial charge on any atom is -0.494 e. The molecule has 0 amide bonds. The summed E-state index contributed by atoms with van der Waals surface area (Å²) in [6.07, 6.45) is 1.99. The number of ether oxygens (including phenoxy) is 1. The van der Waals surface area contributed by atoms with E-state index in [0.717, 1.165) is 31.7 Å². The van der Waals surface area contributed by atoms with Gasteiger partial charge in [-0.2, -0.15) is 0 Å². The van der Waals surface area contributed by atoms with Crippen LogP contribution in [0.4, 0.5) is 0 Å². The standard InChI is InChI=1S/C27H30INO/c1-4-26(21-9-6-5-7-10-21)27(22-11-15-24(28)16-12-22)23-13-17-25(18-14-23)30-20-8-19-29(2)3/h5-7,9-18H,4,8,19-20H2,1-3H3/b27-26-. The van der Waals surface area contributed by atoms with Crippen molar-refractivity contribution >= 4 is 33.7 Å². The highest BCUT2D eigenvalue weighted by atomic mass is 127. The van der Waals surface area contributed by atoms with Crippen LogP contribution < -0.4 is 4.74 Å². The lowest BCUT2D eigenvalue weighted by atomic mass is 9.88. The molecule has 0 N–H and O–H groups in total. The Kier molecular flexibility index (Phi) is 8.52. The van der Waals surface area contributed by atoms with Gasteiger partial charge in [-0.05, 0) is 102 Å². The number of rotatable bonds is 9. The van der Waals surface area contributed by atoms with E-state index in [1.807, 2.05) is 0 Å². The Bertz CT molecular complexity index is 944. The molecule has 0 radical (unpaired) electrons. The first kappa shape index (κ1) is 22.6. The van der Waals surface area contributed by atoms with E-state index in [4.69, 9.17) is 4.74 Å². The second-order valence-corrected chi connectivity index (χ2v) is 8.86. The molecule has 3 heteroatoms. The van der Waals surface area contributed by atoms with Crippen LogP contribution in [0.25, 0.3) is 11.1 Å². The monoisotopic (exact) mass is 511 g/mol. The minimum absolute atomic E-state index is 0.738. The highest BCUT2D eigenvalue weighted by molar-refractivity contribution is 14.1. The predicted octanol–water partition coefficient (Wildman–Crippen LogP) is 6.99. The van der Waals surface area contributed by atoms with Crippen LogP contribution in [0.1, 0.15) is 36.5 Å². The first-order chi connectivity index (χ1) is 14.6. The zero-order valence-corrected chi connectivity index (χ0v) is 20.2. The van der Waals surface area contributed by atoms with Gasteiger partial charge in [-0.1, -0.05) is 61.5 Å². The van der Waals surface area contributed by atoms with E-state index >= 15 is 0 Å². The maximum atomic E-state index is 5.94. The highest BCUT2D eigenvalue weighted by Gasteiger charge is 2.13. The molecule has 3 rings (SSSR count). The lowest BCUT2D eigenvalue weighted by Gasteiger charge is -2.17. The molecule has 0 fully saturated rings. The number of allylic oxidation sites excluding steroid dienone is 1. The highest BCUT2D eigenvalue weighted by Crippen LogP contribution is 2.35. The Hall–Kier alpha value is -2.11. The van der Waals surface area contributed by atoms with Crippen LogP contribution in [0.3, 0.4) is 0 Å². The van der Waals surface area contributed by atoms with Crippen molar-refractivity contribution < 1.29 is 4.74 Å². The summed E-state index contributed by atoms with van der Waals surface area (Å²) < 4.78 is 7.19. The lowest BCUT2D eigenvalue weighted by Crippen LogP contribution is -2.15. The van der Waals surface area contributed by atoms with Crippen LogP contribution in [-0.4, -0.2) is 32.1 Å². The smallest absolute Gasteiger partial charge is 0.119 e. The van der Waals surface area contributed by atoms with Gasteiger partial charge in [-0.3, -0.25) is 0 Å². The normalized spacial score (nSPS) is 12.0. The number of halogens is 1. The molecule has 0 saturated carbocycles. The molecule has 0 spiro atoms. The van der Waals surface area contributed by atoms with Crippen LogP contribution in [0.5, 0.6) is 5.75 Å². The largest absolute Gasteiger partial charge is 0.494 e. The van der Waals surface area contributed by atoms with Crippen molar-refractivity contribution in [1.29, 1.82) is 0 Å². The third kappa shape index (κ3) is 6.19. The summed E-state index contributed by atoms with van der Waals surface area (Å²) in [7, 11) is 4.18. The molecular formula is C27H30INO. The molecule has 0 atom stereocenters. The Morgan fingerprint density at radius 1 is 0.800 bits per heavy atom. The molecule has 30 heavy (non-hydrogen) atoms. The summed E-state index contributed by atoms with van der Waals surface area (Å²) in [5, 5.41) is 0. The van der Waals surface area contributed by atoms with Gasteiger partial charge in [-0.15, -0.1) is 0 Å². The fraction of sp³-hybridized carbons (Fsp3) is 0.259. The van der Waals surface area contributed by atoms with Crippen molar-refractivity contribution in [2.45, 2.75) is 19.8 Å². The molecule has 2 nitrogen and oxygen atoms in total. The second kappa shape index (κ2) is 11.3.